The van der Waals surface area contributed by atoms with Gasteiger partial charge in [-0.3, -0.25) is 0 Å². The lowest BCUT2D eigenvalue weighted by Crippen LogP contribution is -2.37. The second-order valence-electron chi connectivity index (χ2n) is 7.46. The lowest BCUT2D eigenvalue weighted by molar-refractivity contribution is 0.222. The third-order valence-electron chi connectivity index (χ3n) is 4.84. The zero-order valence-corrected chi connectivity index (χ0v) is 15.4. The Bertz CT molecular complexity index is 472. The standard InChI is InChI=1S/C18H29BrN2/c1-13(20)11-14-5-6-16(12-17(14)19)21(4)15-7-9-18(2,3)10-8-15/h5-6,12-13,15H,7-11,20H2,1-4H3. The fourth-order valence-corrected chi connectivity index (χ4v) is 3.78. The molecular weight excluding hydrogens is 324 g/mol. The minimum absolute atomic E-state index is 0.199. The fourth-order valence-electron chi connectivity index (χ4n) is 3.25. The Morgan fingerprint density at radius 1 is 1.33 bits per heavy atom. The van der Waals surface area contributed by atoms with Crippen LogP contribution in [0.15, 0.2) is 22.7 Å². The first-order valence-electron chi connectivity index (χ1n) is 8.05. The summed E-state index contributed by atoms with van der Waals surface area (Å²) in [5.74, 6) is 0. The first-order valence-corrected chi connectivity index (χ1v) is 8.85. The normalized spacial score (nSPS) is 20.3. The zero-order valence-electron chi connectivity index (χ0n) is 13.8. The van der Waals surface area contributed by atoms with Crippen LogP contribution in [-0.2, 0) is 6.42 Å². The van der Waals surface area contributed by atoms with Gasteiger partial charge in [-0.05, 0) is 62.1 Å². The van der Waals surface area contributed by atoms with Crippen LogP contribution in [0.2, 0.25) is 0 Å². The van der Waals surface area contributed by atoms with Crippen LogP contribution in [0.4, 0.5) is 5.69 Å². The Hall–Kier alpha value is -0.540. The Balaban J connectivity index is 2.06. The van der Waals surface area contributed by atoms with E-state index in [0.717, 1.165) is 6.42 Å². The minimum atomic E-state index is 0.199. The van der Waals surface area contributed by atoms with Crippen molar-refractivity contribution in [3.63, 3.8) is 0 Å². The molecule has 0 aromatic heterocycles. The largest absolute Gasteiger partial charge is 0.372 e. The van der Waals surface area contributed by atoms with Gasteiger partial charge < -0.3 is 10.6 Å². The van der Waals surface area contributed by atoms with Gasteiger partial charge in [0.2, 0.25) is 0 Å². The highest BCUT2D eigenvalue weighted by atomic mass is 79.9. The van der Waals surface area contributed by atoms with E-state index < -0.39 is 0 Å². The molecule has 2 rings (SSSR count). The molecule has 3 heteroatoms. The number of benzene rings is 1. The van der Waals surface area contributed by atoms with Gasteiger partial charge in [-0.15, -0.1) is 0 Å². The predicted octanol–water partition coefficient (Wildman–Crippen LogP) is 4.74. The molecule has 0 bridgehead atoms. The van der Waals surface area contributed by atoms with E-state index >= 15 is 0 Å². The molecule has 0 aliphatic heterocycles. The van der Waals surface area contributed by atoms with Crippen LogP contribution in [0.3, 0.4) is 0 Å². The van der Waals surface area contributed by atoms with E-state index in [-0.39, 0.29) is 6.04 Å². The van der Waals surface area contributed by atoms with E-state index in [1.165, 1.54) is 41.4 Å². The molecule has 1 aromatic carbocycles. The quantitative estimate of drug-likeness (QED) is 0.847. The first-order chi connectivity index (χ1) is 9.78. The highest BCUT2D eigenvalue weighted by Crippen LogP contribution is 2.38. The van der Waals surface area contributed by atoms with Gasteiger partial charge in [0.05, 0.1) is 0 Å². The van der Waals surface area contributed by atoms with Crippen molar-refractivity contribution >= 4 is 21.6 Å². The highest BCUT2D eigenvalue weighted by Gasteiger charge is 2.29. The van der Waals surface area contributed by atoms with Crippen LogP contribution in [-0.4, -0.2) is 19.1 Å². The van der Waals surface area contributed by atoms with Crippen molar-refractivity contribution in [1.82, 2.24) is 0 Å². The number of anilines is 1. The highest BCUT2D eigenvalue weighted by molar-refractivity contribution is 9.10. The molecule has 0 heterocycles. The molecule has 1 aliphatic rings. The lowest BCUT2D eigenvalue weighted by atomic mass is 9.75. The number of nitrogens with zero attached hydrogens (tertiary/aromatic N) is 1. The Labute approximate surface area is 138 Å². The molecule has 1 fully saturated rings. The average Bonchev–Trinajstić information content (AvgIpc) is 2.40. The molecule has 0 amide bonds. The molecule has 0 spiro atoms. The van der Waals surface area contributed by atoms with Crippen LogP contribution < -0.4 is 10.6 Å². The summed E-state index contributed by atoms with van der Waals surface area (Å²) < 4.78 is 1.18. The SMILES string of the molecule is CC(N)Cc1ccc(N(C)C2CCC(C)(C)CC2)cc1Br. The van der Waals surface area contributed by atoms with Crippen LogP contribution in [0.25, 0.3) is 0 Å². The number of hydrogen-bond donors (Lipinski definition) is 1. The molecule has 1 atom stereocenters. The van der Waals surface area contributed by atoms with E-state index in [1.54, 1.807) is 0 Å². The number of hydrogen-bond acceptors (Lipinski definition) is 2. The fraction of sp³-hybridized carbons (Fsp3) is 0.667. The van der Waals surface area contributed by atoms with E-state index in [4.69, 9.17) is 5.73 Å². The summed E-state index contributed by atoms with van der Waals surface area (Å²) in [5.41, 5.74) is 9.03. The Kier molecular flexibility index (Phi) is 5.37. The van der Waals surface area contributed by atoms with Crippen molar-refractivity contribution < 1.29 is 0 Å². The second kappa shape index (κ2) is 6.70. The van der Waals surface area contributed by atoms with Crippen LogP contribution in [0.5, 0.6) is 0 Å². The molecule has 21 heavy (non-hydrogen) atoms. The second-order valence-corrected chi connectivity index (χ2v) is 8.32. The van der Waals surface area contributed by atoms with Gasteiger partial charge in [0.25, 0.3) is 0 Å². The van der Waals surface area contributed by atoms with E-state index in [0.29, 0.717) is 11.5 Å². The summed E-state index contributed by atoms with van der Waals surface area (Å²) in [4.78, 5) is 2.45. The van der Waals surface area contributed by atoms with E-state index in [1.807, 2.05) is 0 Å². The van der Waals surface area contributed by atoms with E-state index in [9.17, 15) is 0 Å². The van der Waals surface area contributed by atoms with Gasteiger partial charge in [-0.2, -0.15) is 0 Å². The van der Waals surface area contributed by atoms with Gasteiger partial charge in [-0.1, -0.05) is 35.8 Å². The lowest BCUT2D eigenvalue weighted by Gasteiger charge is -2.39. The van der Waals surface area contributed by atoms with Crippen molar-refractivity contribution in [1.29, 1.82) is 0 Å². The van der Waals surface area contributed by atoms with Crippen LogP contribution in [0, 0.1) is 5.41 Å². The summed E-state index contributed by atoms with van der Waals surface area (Å²) in [5, 5.41) is 0. The van der Waals surface area contributed by atoms with Gasteiger partial charge in [-0.25, -0.2) is 0 Å². The van der Waals surface area contributed by atoms with Gasteiger partial charge in [0, 0.05) is 29.3 Å². The van der Waals surface area contributed by atoms with Crippen molar-refractivity contribution in [3.05, 3.63) is 28.2 Å². The maximum absolute atomic E-state index is 5.90. The molecule has 118 valence electrons. The van der Waals surface area contributed by atoms with Gasteiger partial charge >= 0.3 is 0 Å². The molecule has 1 unspecified atom stereocenters. The monoisotopic (exact) mass is 352 g/mol. The molecule has 0 radical (unpaired) electrons. The van der Waals surface area contributed by atoms with Crippen LogP contribution >= 0.6 is 15.9 Å². The molecule has 2 nitrogen and oxygen atoms in total. The smallest absolute Gasteiger partial charge is 0.0377 e. The Morgan fingerprint density at radius 3 is 2.48 bits per heavy atom. The number of nitrogens with two attached hydrogens (primary N) is 1. The molecule has 2 N–H and O–H groups in total. The Morgan fingerprint density at radius 2 is 1.95 bits per heavy atom. The number of rotatable bonds is 4. The van der Waals surface area contributed by atoms with Gasteiger partial charge in [0.15, 0.2) is 0 Å². The summed E-state index contributed by atoms with van der Waals surface area (Å²) in [6.45, 7) is 6.83. The van der Waals surface area contributed by atoms with E-state index in [2.05, 4.69) is 66.8 Å². The molecule has 0 saturated heterocycles. The van der Waals surface area contributed by atoms with Crippen molar-refractivity contribution in [2.24, 2.45) is 11.1 Å². The molecule has 1 aromatic rings. The molecular formula is C18H29BrN2. The minimum Gasteiger partial charge on any atom is -0.372 e. The third-order valence-corrected chi connectivity index (χ3v) is 5.58. The summed E-state index contributed by atoms with van der Waals surface area (Å²) in [6, 6.07) is 7.57. The maximum atomic E-state index is 5.90. The van der Waals surface area contributed by atoms with Crippen molar-refractivity contribution in [3.8, 4) is 0 Å². The summed E-state index contributed by atoms with van der Waals surface area (Å²) >= 11 is 3.70. The average molecular weight is 353 g/mol. The van der Waals surface area contributed by atoms with Crippen LogP contribution in [0.1, 0.15) is 52.0 Å². The third kappa shape index (κ3) is 4.46. The summed E-state index contributed by atoms with van der Waals surface area (Å²) in [6.07, 6.45) is 6.16. The molecule has 1 saturated carbocycles. The topological polar surface area (TPSA) is 29.3 Å². The number of halogens is 1. The van der Waals surface area contributed by atoms with Crippen molar-refractivity contribution in [2.75, 3.05) is 11.9 Å². The predicted molar refractivity (Wildman–Crippen MR) is 95.9 cm³/mol. The van der Waals surface area contributed by atoms with Gasteiger partial charge in [0.1, 0.15) is 0 Å². The first kappa shape index (κ1) is 16.8. The molecule has 1 aliphatic carbocycles. The summed E-state index contributed by atoms with van der Waals surface area (Å²) in [7, 11) is 2.23. The van der Waals surface area contributed by atoms with Crippen molar-refractivity contribution in [2.45, 2.75) is 65.0 Å². The zero-order chi connectivity index (χ0) is 15.6. The maximum Gasteiger partial charge on any atom is 0.0377 e.